The van der Waals surface area contributed by atoms with Gasteiger partial charge in [-0.25, -0.2) is 4.99 Å². The number of halogens is 1. The van der Waals surface area contributed by atoms with Crippen LogP contribution in [0.4, 0.5) is 5.69 Å². The summed E-state index contributed by atoms with van der Waals surface area (Å²) in [4.78, 5) is 6.91. The number of anilines is 1. The van der Waals surface area contributed by atoms with Crippen LogP contribution in [-0.2, 0) is 11.3 Å². The van der Waals surface area contributed by atoms with E-state index in [9.17, 15) is 0 Å². The molecule has 1 aromatic carbocycles. The molecule has 142 valence electrons. The second-order valence-electron chi connectivity index (χ2n) is 6.98. The molecule has 0 aliphatic carbocycles. The Hall–Kier alpha value is -1.02. The molecule has 1 fully saturated rings. The molecule has 5 nitrogen and oxygen atoms in total. The quantitative estimate of drug-likeness (QED) is 0.389. The third-order valence-corrected chi connectivity index (χ3v) is 4.40. The van der Waals surface area contributed by atoms with E-state index >= 15 is 0 Å². The minimum Gasteiger partial charge on any atom is -0.377 e. The van der Waals surface area contributed by atoms with Crippen LogP contribution >= 0.6 is 24.0 Å². The van der Waals surface area contributed by atoms with Crippen molar-refractivity contribution in [3.63, 3.8) is 0 Å². The molecule has 0 bridgehead atoms. The van der Waals surface area contributed by atoms with E-state index in [4.69, 9.17) is 9.73 Å². The van der Waals surface area contributed by atoms with E-state index in [1.54, 1.807) is 0 Å². The Morgan fingerprint density at radius 3 is 2.68 bits per heavy atom. The zero-order chi connectivity index (χ0) is 17.6. The predicted octanol–water partition coefficient (Wildman–Crippen LogP) is 3.30. The van der Waals surface area contributed by atoms with Crippen molar-refractivity contribution in [2.45, 2.75) is 45.8 Å². The lowest BCUT2D eigenvalue weighted by atomic mass is 10.0. The molecule has 0 aromatic heterocycles. The lowest BCUT2D eigenvalue weighted by molar-refractivity contribution is 0.0243. The Kier molecular flexibility index (Phi) is 8.99. The zero-order valence-electron chi connectivity index (χ0n) is 16.2. The van der Waals surface area contributed by atoms with Gasteiger partial charge in [0, 0.05) is 39.5 Å². The standard InChI is InChI=1S/C19H32N4O.HI/c1-6-20-18(22-14-19(3)10-7-11-24-19)21-13-16-9-8-15(2)12-17(16)23(4)5;/h8-9,12H,6-7,10-11,13-14H2,1-5H3,(H2,20,21,22);1H. The topological polar surface area (TPSA) is 48.9 Å². The van der Waals surface area contributed by atoms with Gasteiger partial charge in [0.05, 0.1) is 12.1 Å². The number of rotatable bonds is 6. The van der Waals surface area contributed by atoms with Gasteiger partial charge < -0.3 is 20.3 Å². The van der Waals surface area contributed by atoms with Crippen molar-refractivity contribution in [3.05, 3.63) is 29.3 Å². The van der Waals surface area contributed by atoms with E-state index < -0.39 is 0 Å². The third-order valence-electron chi connectivity index (χ3n) is 4.40. The van der Waals surface area contributed by atoms with E-state index in [-0.39, 0.29) is 29.6 Å². The highest BCUT2D eigenvalue weighted by Gasteiger charge is 2.29. The van der Waals surface area contributed by atoms with Crippen LogP contribution in [0.5, 0.6) is 0 Å². The van der Waals surface area contributed by atoms with E-state index in [1.165, 1.54) is 16.8 Å². The van der Waals surface area contributed by atoms with Crippen molar-refractivity contribution in [1.29, 1.82) is 0 Å². The first-order valence-electron chi connectivity index (χ1n) is 8.86. The lowest BCUT2D eigenvalue weighted by Gasteiger charge is -2.25. The summed E-state index contributed by atoms with van der Waals surface area (Å²) in [7, 11) is 4.15. The molecule has 0 amide bonds. The number of aryl methyl sites for hydroxylation is 1. The summed E-state index contributed by atoms with van der Waals surface area (Å²) >= 11 is 0. The Labute approximate surface area is 169 Å². The van der Waals surface area contributed by atoms with Crippen LogP contribution in [0.15, 0.2) is 23.2 Å². The molecule has 25 heavy (non-hydrogen) atoms. The fourth-order valence-corrected chi connectivity index (χ4v) is 2.98. The van der Waals surface area contributed by atoms with Crippen molar-refractivity contribution in [3.8, 4) is 0 Å². The summed E-state index contributed by atoms with van der Waals surface area (Å²) < 4.78 is 5.84. The Balaban J connectivity index is 0.00000312. The van der Waals surface area contributed by atoms with E-state index in [1.807, 2.05) is 0 Å². The summed E-state index contributed by atoms with van der Waals surface area (Å²) in [6, 6.07) is 6.52. The van der Waals surface area contributed by atoms with Crippen LogP contribution in [0.25, 0.3) is 0 Å². The number of guanidine groups is 1. The molecule has 6 heteroatoms. The lowest BCUT2D eigenvalue weighted by Crippen LogP contribution is -2.45. The molecule has 1 aliphatic heterocycles. The van der Waals surface area contributed by atoms with Gasteiger partial charge >= 0.3 is 0 Å². The molecule has 1 saturated heterocycles. The van der Waals surface area contributed by atoms with Crippen LogP contribution in [0.1, 0.15) is 37.8 Å². The van der Waals surface area contributed by atoms with Gasteiger partial charge in [-0.2, -0.15) is 0 Å². The average Bonchev–Trinajstić information content (AvgIpc) is 2.98. The smallest absolute Gasteiger partial charge is 0.191 e. The molecule has 1 unspecified atom stereocenters. The number of ether oxygens (including phenoxy) is 1. The fraction of sp³-hybridized carbons (Fsp3) is 0.632. The van der Waals surface area contributed by atoms with Gasteiger partial charge in [-0.1, -0.05) is 12.1 Å². The number of benzene rings is 1. The van der Waals surface area contributed by atoms with Crippen LogP contribution in [-0.4, -0.2) is 45.4 Å². The predicted molar refractivity (Wildman–Crippen MR) is 117 cm³/mol. The maximum atomic E-state index is 5.84. The number of nitrogens with zero attached hydrogens (tertiary/aromatic N) is 2. The first-order valence-corrected chi connectivity index (χ1v) is 8.86. The summed E-state index contributed by atoms with van der Waals surface area (Å²) in [5.74, 6) is 0.847. The van der Waals surface area contributed by atoms with Crippen LogP contribution in [0.3, 0.4) is 0 Å². The molecule has 1 atom stereocenters. The number of hydrogen-bond donors (Lipinski definition) is 2. The van der Waals surface area contributed by atoms with Gasteiger partial charge in [0.1, 0.15) is 0 Å². The van der Waals surface area contributed by atoms with Gasteiger partial charge in [0.2, 0.25) is 0 Å². The second kappa shape index (κ2) is 10.2. The fourth-order valence-electron chi connectivity index (χ4n) is 2.98. The van der Waals surface area contributed by atoms with E-state index in [0.717, 1.165) is 38.5 Å². The maximum Gasteiger partial charge on any atom is 0.191 e. The molecular formula is C19H33IN4O. The molecule has 2 N–H and O–H groups in total. The van der Waals surface area contributed by atoms with Crippen LogP contribution < -0.4 is 15.5 Å². The Bertz CT molecular complexity index is 569. The van der Waals surface area contributed by atoms with Crippen LogP contribution in [0, 0.1) is 6.92 Å². The average molecular weight is 460 g/mol. The molecule has 2 rings (SSSR count). The molecule has 0 radical (unpaired) electrons. The van der Waals surface area contributed by atoms with Gasteiger partial charge in [0.25, 0.3) is 0 Å². The minimum atomic E-state index is -0.0746. The summed E-state index contributed by atoms with van der Waals surface area (Å²) in [5.41, 5.74) is 3.64. The van der Waals surface area contributed by atoms with E-state index in [2.05, 4.69) is 68.6 Å². The first-order chi connectivity index (χ1) is 11.4. The monoisotopic (exact) mass is 460 g/mol. The number of nitrogens with one attached hydrogen (secondary N) is 2. The minimum absolute atomic E-state index is 0. The molecule has 1 aliphatic rings. The molecule has 0 saturated carbocycles. The van der Waals surface area contributed by atoms with Crippen LogP contribution in [0.2, 0.25) is 0 Å². The van der Waals surface area contributed by atoms with E-state index in [0.29, 0.717) is 6.54 Å². The highest BCUT2D eigenvalue weighted by Crippen LogP contribution is 2.24. The van der Waals surface area contributed by atoms with Crippen molar-refractivity contribution >= 4 is 35.6 Å². The zero-order valence-corrected chi connectivity index (χ0v) is 18.5. The summed E-state index contributed by atoms with van der Waals surface area (Å²) in [6.07, 6.45) is 2.24. The first kappa shape index (κ1) is 22.0. The Morgan fingerprint density at radius 1 is 1.32 bits per heavy atom. The highest BCUT2D eigenvalue weighted by atomic mass is 127. The van der Waals surface area contributed by atoms with Gasteiger partial charge in [-0.3, -0.25) is 0 Å². The summed E-state index contributed by atoms with van der Waals surface area (Å²) in [5, 5.41) is 6.76. The Morgan fingerprint density at radius 2 is 2.08 bits per heavy atom. The third kappa shape index (κ3) is 6.66. The van der Waals surface area contributed by atoms with Gasteiger partial charge in [-0.05, 0) is 50.8 Å². The largest absolute Gasteiger partial charge is 0.377 e. The second-order valence-corrected chi connectivity index (χ2v) is 6.98. The van der Waals surface area contributed by atoms with Crippen molar-refractivity contribution in [2.75, 3.05) is 38.7 Å². The van der Waals surface area contributed by atoms with Gasteiger partial charge in [-0.15, -0.1) is 24.0 Å². The molecular weight excluding hydrogens is 427 g/mol. The number of aliphatic imine (C=N–C) groups is 1. The highest BCUT2D eigenvalue weighted by molar-refractivity contribution is 14.0. The number of hydrogen-bond acceptors (Lipinski definition) is 3. The molecule has 1 heterocycles. The van der Waals surface area contributed by atoms with Crippen molar-refractivity contribution in [2.24, 2.45) is 4.99 Å². The van der Waals surface area contributed by atoms with Crippen molar-refractivity contribution < 1.29 is 4.74 Å². The summed E-state index contributed by atoms with van der Waals surface area (Å²) in [6.45, 7) is 9.52. The van der Waals surface area contributed by atoms with Crippen molar-refractivity contribution in [1.82, 2.24) is 10.6 Å². The van der Waals surface area contributed by atoms with Gasteiger partial charge in [0.15, 0.2) is 5.96 Å². The molecule has 0 spiro atoms. The molecule has 1 aromatic rings. The normalized spacial score (nSPS) is 20.1. The maximum absolute atomic E-state index is 5.84. The SMILES string of the molecule is CCNC(=NCc1ccc(C)cc1N(C)C)NCC1(C)CCCO1.I.